The Hall–Kier alpha value is -0.800. The van der Waals surface area contributed by atoms with Crippen molar-refractivity contribution in [2.45, 2.75) is 24.4 Å². The second-order valence-corrected chi connectivity index (χ2v) is 8.06. The molecule has 1 unspecified atom stereocenters. The fourth-order valence-corrected chi connectivity index (χ4v) is 3.05. The largest absolute Gasteiger partial charge is 0.481 e. The third kappa shape index (κ3) is 4.36. The van der Waals surface area contributed by atoms with Crippen molar-refractivity contribution in [1.29, 1.82) is 0 Å². The van der Waals surface area contributed by atoms with Gasteiger partial charge in [-0.3, -0.25) is 24.0 Å². The van der Waals surface area contributed by atoms with Gasteiger partial charge < -0.3 is 29.8 Å². The fraction of sp³-hybridized carbons (Fsp3) is 0.667. The molecule has 0 aromatic rings. The average molecular weight is 321 g/mol. The number of carboxylic acid groups (broad SMARTS) is 2. The Morgan fingerprint density at radius 1 is 1.11 bits per heavy atom. The lowest BCUT2D eigenvalue weighted by molar-refractivity contribution is -0.146. The van der Waals surface area contributed by atoms with E-state index in [1.54, 1.807) is 0 Å². The maximum absolute atomic E-state index is 11.1. The number of aliphatic carboxylic acids is 2. The normalized spacial score (nSPS) is 15.0. The molecule has 0 aromatic carbocycles. The van der Waals surface area contributed by atoms with E-state index in [0.717, 1.165) is 0 Å². The molecule has 0 rings (SSSR count). The molecule has 0 bridgehead atoms. The lowest BCUT2D eigenvalue weighted by atomic mass is 10.2. The van der Waals surface area contributed by atoms with E-state index in [9.17, 15) is 18.7 Å². The predicted octanol–water partition coefficient (Wildman–Crippen LogP) is -1.47. The number of nitrogens with one attached hydrogen (secondary N) is 1. The van der Waals surface area contributed by atoms with E-state index in [1.807, 2.05) is 0 Å². The summed E-state index contributed by atoms with van der Waals surface area (Å²) in [5.41, 5.74) is 0. The van der Waals surface area contributed by atoms with Crippen LogP contribution in [-0.4, -0.2) is 52.8 Å². The third-order valence-corrected chi connectivity index (χ3v) is 6.35. The molecule has 0 aliphatic heterocycles. The van der Waals surface area contributed by atoms with Crippen LogP contribution < -0.4 is 5.32 Å². The van der Waals surface area contributed by atoms with Gasteiger partial charge in [0, 0.05) is 0 Å². The quantitative estimate of drug-likeness (QED) is 0.270. The van der Waals surface area contributed by atoms with Gasteiger partial charge in [0.15, 0.2) is 0 Å². The van der Waals surface area contributed by atoms with Crippen LogP contribution in [-0.2, 0) is 18.7 Å². The summed E-state index contributed by atoms with van der Waals surface area (Å²) in [4.78, 5) is 57.0. The maximum Gasteiger partial charge on any atom is 0.357 e. The molecule has 0 saturated heterocycles. The highest BCUT2D eigenvalue weighted by molar-refractivity contribution is 7.72. The van der Waals surface area contributed by atoms with E-state index in [2.05, 4.69) is 0 Å². The molecule has 1 atom stereocenters. The van der Waals surface area contributed by atoms with Crippen molar-refractivity contribution < 1.29 is 48.5 Å². The van der Waals surface area contributed by atoms with Gasteiger partial charge in [0.05, 0.1) is 6.42 Å². The molecule has 112 valence electrons. The summed E-state index contributed by atoms with van der Waals surface area (Å²) in [6.07, 6.45) is -1.12. The molecule has 11 nitrogen and oxygen atoms in total. The Labute approximate surface area is 106 Å². The second kappa shape index (κ2) is 5.68. The average Bonchev–Trinajstić information content (AvgIpc) is 2.11. The monoisotopic (exact) mass is 321 g/mol. The topological polar surface area (TPSA) is 202 Å². The smallest absolute Gasteiger partial charge is 0.357 e. The van der Waals surface area contributed by atoms with Crippen molar-refractivity contribution >= 4 is 27.1 Å². The molecular weight excluding hydrogens is 308 g/mol. The van der Waals surface area contributed by atoms with Gasteiger partial charge in [0.2, 0.25) is 5.02 Å². The van der Waals surface area contributed by atoms with Crippen molar-refractivity contribution in [2.75, 3.05) is 0 Å². The Balaban J connectivity index is 5.57. The van der Waals surface area contributed by atoms with Gasteiger partial charge in [-0.15, -0.1) is 0 Å². The maximum atomic E-state index is 11.1. The zero-order valence-corrected chi connectivity index (χ0v) is 11.3. The summed E-state index contributed by atoms with van der Waals surface area (Å²) >= 11 is 0. The molecule has 0 amide bonds. The van der Waals surface area contributed by atoms with Crippen LogP contribution in [0, 0.1) is 0 Å². The Kier molecular flexibility index (Phi) is 5.44. The van der Waals surface area contributed by atoms with Gasteiger partial charge in [0.1, 0.15) is 6.04 Å². The van der Waals surface area contributed by atoms with Crippen molar-refractivity contribution in [3.63, 3.8) is 0 Å². The lowest BCUT2D eigenvalue weighted by Gasteiger charge is -2.33. The third-order valence-electron chi connectivity index (χ3n) is 2.26. The van der Waals surface area contributed by atoms with Crippen LogP contribution in [0.1, 0.15) is 13.3 Å². The molecule has 13 heteroatoms. The number of hydrogen-bond acceptors (Lipinski definition) is 5. The van der Waals surface area contributed by atoms with Crippen molar-refractivity contribution in [1.82, 2.24) is 5.32 Å². The molecule has 0 heterocycles. The molecule has 0 radical (unpaired) electrons. The van der Waals surface area contributed by atoms with Crippen molar-refractivity contribution in [2.24, 2.45) is 0 Å². The summed E-state index contributed by atoms with van der Waals surface area (Å²) in [5, 5.41) is 15.5. The van der Waals surface area contributed by atoms with Crippen LogP contribution in [0.4, 0.5) is 0 Å². The van der Waals surface area contributed by atoms with Crippen molar-refractivity contribution in [3.05, 3.63) is 0 Å². The molecular formula is C6H13NO10P2. The number of carbonyl (C=O) groups is 2. The SMILES string of the molecule is CC(NC(CC(=O)O)C(=O)O)(P(=O)(O)O)P(=O)(O)O. The predicted molar refractivity (Wildman–Crippen MR) is 59.3 cm³/mol. The van der Waals surface area contributed by atoms with Gasteiger partial charge >= 0.3 is 27.1 Å². The van der Waals surface area contributed by atoms with E-state index in [4.69, 9.17) is 29.8 Å². The summed E-state index contributed by atoms with van der Waals surface area (Å²) < 4.78 is 22.3. The molecule has 0 aromatic heterocycles. The van der Waals surface area contributed by atoms with Crippen LogP contribution in [0.5, 0.6) is 0 Å². The van der Waals surface area contributed by atoms with Crippen LogP contribution in [0.15, 0.2) is 0 Å². The summed E-state index contributed by atoms with van der Waals surface area (Å²) in [6, 6.07) is -2.08. The fourth-order valence-electron chi connectivity index (χ4n) is 1.04. The van der Waals surface area contributed by atoms with E-state index in [1.165, 1.54) is 5.32 Å². The van der Waals surface area contributed by atoms with E-state index < -0.39 is 44.6 Å². The van der Waals surface area contributed by atoms with Gasteiger partial charge in [-0.05, 0) is 6.92 Å². The van der Waals surface area contributed by atoms with Crippen LogP contribution in [0.2, 0.25) is 0 Å². The van der Waals surface area contributed by atoms with E-state index in [0.29, 0.717) is 6.92 Å². The summed E-state index contributed by atoms with van der Waals surface area (Å²) in [6.45, 7) is 0.423. The molecule has 7 N–H and O–H groups in total. The standard InChI is InChI=1S/C6H13NO10P2/c1-6(18(12,13)14,19(15,16)17)7-3(5(10)11)2-4(8)9/h3,7H,2H2,1H3,(H,8,9)(H,10,11)(H2,12,13,14)(H2,15,16,17). The van der Waals surface area contributed by atoms with E-state index >= 15 is 0 Å². The van der Waals surface area contributed by atoms with E-state index in [-0.39, 0.29) is 0 Å². The summed E-state index contributed by atoms with van der Waals surface area (Å²) in [5.74, 6) is -3.45. The zero-order chi connectivity index (χ0) is 15.6. The zero-order valence-electron chi connectivity index (χ0n) is 9.50. The number of carboxylic acids is 2. The molecule has 19 heavy (non-hydrogen) atoms. The van der Waals surface area contributed by atoms with Gasteiger partial charge in [-0.25, -0.2) is 0 Å². The van der Waals surface area contributed by atoms with Gasteiger partial charge in [-0.2, -0.15) is 0 Å². The first-order valence-corrected chi connectivity index (χ1v) is 7.78. The lowest BCUT2D eigenvalue weighted by Crippen LogP contribution is -2.51. The first-order chi connectivity index (χ1) is 8.22. The van der Waals surface area contributed by atoms with Crippen LogP contribution in [0.25, 0.3) is 0 Å². The first-order valence-electron chi connectivity index (χ1n) is 4.56. The minimum atomic E-state index is -5.48. The second-order valence-electron chi connectivity index (χ2n) is 3.74. The minimum absolute atomic E-state index is 0.423. The first kappa shape index (κ1) is 18.2. The van der Waals surface area contributed by atoms with Gasteiger partial charge in [-0.1, -0.05) is 0 Å². The highest BCUT2D eigenvalue weighted by Gasteiger charge is 2.58. The highest BCUT2D eigenvalue weighted by atomic mass is 31.2. The van der Waals surface area contributed by atoms with Crippen LogP contribution >= 0.6 is 15.2 Å². The number of hydrogen-bond donors (Lipinski definition) is 7. The molecule has 0 spiro atoms. The Morgan fingerprint density at radius 3 is 1.68 bits per heavy atom. The van der Waals surface area contributed by atoms with Crippen molar-refractivity contribution in [3.8, 4) is 0 Å². The summed E-state index contributed by atoms with van der Waals surface area (Å²) in [7, 11) is -11.0. The highest BCUT2D eigenvalue weighted by Crippen LogP contribution is 2.67. The Morgan fingerprint density at radius 2 is 1.47 bits per heavy atom. The minimum Gasteiger partial charge on any atom is -0.481 e. The van der Waals surface area contributed by atoms with Crippen LogP contribution in [0.3, 0.4) is 0 Å². The molecule has 0 aliphatic rings. The molecule has 0 aliphatic carbocycles. The van der Waals surface area contributed by atoms with Gasteiger partial charge in [0.25, 0.3) is 0 Å². The molecule has 0 saturated carbocycles. The Bertz CT molecular complexity index is 441. The number of rotatable bonds is 7. The molecule has 0 fully saturated rings.